The van der Waals surface area contributed by atoms with E-state index in [4.69, 9.17) is 14.6 Å². The highest BCUT2D eigenvalue weighted by Crippen LogP contribution is 2.51. The third kappa shape index (κ3) is 3.97. The maximum Gasteiger partial charge on any atom is 0.573 e. The zero-order valence-corrected chi connectivity index (χ0v) is 15.5. The summed E-state index contributed by atoms with van der Waals surface area (Å²) < 4.78 is 53.4. The van der Waals surface area contributed by atoms with Crippen LogP contribution in [0.3, 0.4) is 0 Å². The number of carboxylic acid groups (broad SMARTS) is 1. The second-order valence-corrected chi connectivity index (χ2v) is 7.21. The molecule has 1 N–H and O–H groups in total. The highest BCUT2D eigenvalue weighted by molar-refractivity contribution is 5.75. The first-order valence-corrected chi connectivity index (χ1v) is 9.21. The maximum absolute atomic E-state index is 12.6. The number of halogens is 3. The molecule has 4 rings (SSSR count). The summed E-state index contributed by atoms with van der Waals surface area (Å²) in [5.41, 5.74) is 1.99. The van der Waals surface area contributed by atoms with Gasteiger partial charge in [-0.25, -0.2) is 0 Å². The molecule has 1 fully saturated rings. The summed E-state index contributed by atoms with van der Waals surface area (Å²) in [6, 6.07) is 9.79. The van der Waals surface area contributed by atoms with Gasteiger partial charge in [0.25, 0.3) is 0 Å². The van der Waals surface area contributed by atoms with Crippen LogP contribution < -0.4 is 14.2 Å². The predicted molar refractivity (Wildman–Crippen MR) is 96.3 cm³/mol. The Morgan fingerprint density at radius 1 is 1.14 bits per heavy atom. The number of aliphatic carboxylic acids is 1. The minimum absolute atomic E-state index is 0.0780. The lowest BCUT2D eigenvalue weighted by Crippen LogP contribution is -2.18. The molecule has 2 aromatic rings. The molecule has 154 valence electrons. The minimum Gasteiger partial charge on any atom is -0.496 e. The van der Waals surface area contributed by atoms with Gasteiger partial charge in [-0.15, -0.1) is 13.2 Å². The summed E-state index contributed by atoms with van der Waals surface area (Å²) in [6.07, 6.45) is -3.62. The van der Waals surface area contributed by atoms with Crippen LogP contribution in [0.5, 0.6) is 17.2 Å². The Kier molecular flexibility index (Phi) is 4.80. The van der Waals surface area contributed by atoms with Crippen LogP contribution in [0.15, 0.2) is 36.4 Å². The third-order valence-electron chi connectivity index (χ3n) is 5.39. The molecule has 1 saturated carbocycles. The van der Waals surface area contributed by atoms with Gasteiger partial charge >= 0.3 is 12.3 Å². The highest BCUT2D eigenvalue weighted by atomic mass is 19.4. The van der Waals surface area contributed by atoms with Crippen molar-refractivity contribution in [2.45, 2.75) is 37.6 Å². The molecule has 0 aliphatic heterocycles. The van der Waals surface area contributed by atoms with E-state index >= 15 is 0 Å². The van der Waals surface area contributed by atoms with Gasteiger partial charge in [0, 0.05) is 17.5 Å². The molecule has 0 spiro atoms. The summed E-state index contributed by atoms with van der Waals surface area (Å²) in [6.45, 7) is 0. The van der Waals surface area contributed by atoms with Crippen LogP contribution >= 0.6 is 0 Å². The number of hydrogen-bond acceptors (Lipinski definition) is 4. The van der Waals surface area contributed by atoms with Crippen molar-refractivity contribution < 1.29 is 37.3 Å². The molecule has 0 bridgehead atoms. The van der Waals surface area contributed by atoms with Gasteiger partial charge in [0.2, 0.25) is 0 Å². The number of hydrogen-bond donors (Lipinski definition) is 1. The highest BCUT2D eigenvalue weighted by Gasteiger charge is 2.45. The van der Waals surface area contributed by atoms with Crippen LogP contribution in [0.25, 0.3) is 0 Å². The zero-order valence-electron chi connectivity index (χ0n) is 15.5. The van der Waals surface area contributed by atoms with Crippen LogP contribution in [-0.2, 0) is 11.2 Å². The van der Waals surface area contributed by atoms with Gasteiger partial charge in [-0.3, -0.25) is 4.79 Å². The molecule has 3 atom stereocenters. The Balaban J connectivity index is 1.53. The fourth-order valence-electron chi connectivity index (χ4n) is 3.97. The van der Waals surface area contributed by atoms with Crippen molar-refractivity contribution in [3.05, 3.63) is 53.1 Å². The normalized spacial score (nSPS) is 22.7. The summed E-state index contributed by atoms with van der Waals surface area (Å²) in [5, 5.41) is 9.13. The lowest BCUT2D eigenvalue weighted by Gasteiger charge is -2.18. The molecule has 29 heavy (non-hydrogen) atoms. The van der Waals surface area contributed by atoms with Gasteiger partial charge < -0.3 is 19.3 Å². The summed E-state index contributed by atoms with van der Waals surface area (Å²) in [7, 11) is 1.51. The molecule has 0 radical (unpaired) electrons. The first kappa shape index (κ1) is 19.4. The Labute approximate surface area is 165 Å². The fourth-order valence-corrected chi connectivity index (χ4v) is 3.97. The summed E-state index contributed by atoms with van der Waals surface area (Å²) >= 11 is 0. The van der Waals surface area contributed by atoms with E-state index in [0.717, 1.165) is 5.56 Å². The van der Waals surface area contributed by atoms with Crippen molar-refractivity contribution in [2.24, 2.45) is 5.92 Å². The van der Waals surface area contributed by atoms with Crippen LogP contribution in [0.4, 0.5) is 13.2 Å². The van der Waals surface area contributed by atoms with E-state index in [2.05, 4.69) is 4.74 Å². The largest absolute Gasteiger partial charge is 0.573 e. The van der Waals surface area contributed by atoms with E-state index in [1.165, 1.54) is 19.2 Å². The molecular formula is C21H19F3O5. The summed E-state index contributed by atoms with van der Waals surface area (Å²) in [4.78, 5) is 11.1. The van der Waals surface area contributed by atoms with Crippen molar-refractivity contribution in [3.8, 4) is 17.2 Å². The number of alkyl halides is 3. The monoisotopic (exact) mass is 408 g/mol. The number of methoxy groups -OCH3 is 1. The molecule has 0 saturated heterocycles. The second-order valence-electron chi connectivity index (χ2n) is 7.21. The molecule has 8 heteroatoms. The Bertz CT molecular complexity index is 940. The van der Waals surface area contributed by atoms with Crippen LogP contribution in [0, 0.1) is 5.92 Å². The van der Waals surface area contributed by atoms with Crippen molar-refractivity contribution in [1.82, 2.24) is 0 Å². The first-order valence-electron chi connectivity index (χ1n) is 9.21. The SMILES string of the molecule is COc1cc(O[C@@H]2CCc3c(OC(F)(F)F)cccc32)ccc1C1CC1C(=O)O. The van der Waals surface area contributed by atoms with E-state index in [-0.39, 0.29) is 11.7 Å². The molecule has 0 aromatic heterocycles. The number of carbonyl (C=O) groups is 1. The molecular weight excluding hydrogens is 389 g/mol. The molecule has 0 heterocycles. The van der Waals surface area contributed by atoms with Gasteiger partial charge in [0.15, 0.2) is 0 Å². The number of rotatable bonds is 6. The van der Waals surface area contributed by atoms with Crippen LogP contribution in [0.1, 0.15) is 41.6 Å². The van der Waals surface area contributed by atoms with Crippen LogP contribution in [-0.4, -0.2) is 24.5 Å². The van der Waals surface area contributed by atoms with E-state index in [1.807, 2.05) is 0 Å². The van der Waals surface area contributed by atoms with Crippen molar-refractivity contribution in [1.29, 1.82) is 0 Å². The fraction of sp³-hybridized carbons (Fsp3) is 0.381. The van der Waals surface area contributed by atoms with E-state index in [9.17, 15) is 18.0 Å². The Morgan fingerprint density at radius 2 is 1.93 bits per heavy atom. The molecule has 2 aliphatic carbocycles. The minimum atomic E-state index is -4.74. The van der Waals surface area contributed by atoms with E-state index in [1.54, 1.807) is 24.3 Å². The lowest BCUT2D eigenvalue weighted by molar-refractivity contribution is -0.274. The zero-order chi connectivity index (χ0) is 20.8. The van der Waals surface area contributed by atoms with Crippen molar-refractivity contribution in [3.63, 3.8) is 0 Å². The van der Waals surface area contributed by atoms with Gasteiger partial charge in [-0.1, -0.05) is 18.2 Å². The summed E-state index contributed by atoms with van der Waals surface area (Å²) in [5.74, 6) is -0.434. The second kappa shape index (κ2) is 7.17. The number of benzene rings is 2. The quantitative estimate of drug-likeness (QED) is 0.740. The topological polar surface area (TPSA) is 65.0 Å². The first-order chi connectivity index (χ1) is 13.8. The average Bonchev–Trinajstić information content (AvgIpc) is 3.36. The molecule has 0 amide bonds. The number of carboxylic acids is 1. The van der Waals surface area contributed by atoms with Gasteiger partial charge in [0.1, 0.15) is 23.4 Å². The van der Waals surface area contributed by atoms with E-state index < -0.39 is 24.4 Å². The van der Waals surface area contributed by atoms with Gasteiger partial charge in [0.05, 0.1) is 13.0 Å². The smallest absolute Gasteiger partial charge is 0.496 e. The average molecular weight is 408 g/mol. The Hall–Kier alpha value is -2.90. The predicted octanol–water partition coefficient (Wildman–Crippen LogP) is 4.85. The Morgan fingerprint density at radius 3 is 2.59 bits per heavy atom. The van der Waals surface area contributed by atoms with Gasteiger partial charge in [-0.05, 0) is 42.5 Å². The van der Waals surface area contributed by atoms with Crippen molar-refractivity contribution in [2.75, 3.05) is 7.11 Å². The lowest BCUT2D eigenvalue weighted by atomic mass is 10.1. The van der Waals surface area contributed by atoms with Crippen LogP contribution in [0.2, 0.25) is 0 Å². The molecule has 5 nitrogen and oxygen atoms in total. The third-order valence-corrected chi connectivity index (χ3v) is 5.39. The van der Waals surface area contributed by atoms with Gasteiger partial charge in [-0.2, -0.15) is 0 Å². The molecule has 2 unspecified atom stereocenters. The molecule has 2 aromatic carbocycles. The standard InChI is InChI=1S/C21H19F3O5/c1-27-19-9-11(5-6-14(19)15-10-16(15)20(25)26)28-17-8-7-13-12(17)3-2-4-18(13)29-21(22,23)24/h2-6,9,15-17H,7-8,10H2,1H3,(H,25,26)/t15?,16?,17-/m1/s1. The molecule has 2 aliphatic rings. The number of fused-ring (bicyclic) bond motifs is 1. The number of ether oxygens (including phenoxy) is 3. The van der Waals surface area contributed by atoms with Crippen molar-refractivity contribution >= 4 is 5.97 Å². The van der Waals surface area contributed by atoms with E-state index in [0.29, 0.717) is 41.9 Å². The maximum atomic E-state index is 12.6.